The van der Waals surface area contributed by atoms with Crippen LogP contribution in [0.1, 0.15) is 18.9 Å². The fourth-order valence-corrected chi connectivity index (χ4v) is 3.16. The van der Waals surface area contributed by atoms with Gasteiger partial charge in [-0.3, -0.25) is 14.8 Å². The molecule has 0 aliphatic carbocycles. The number of guanidine groups is 1. The quantitative estimate of drug-likeness (QED) is 0.335. The molecule has 1 aromatic rings. The van der Waals surface area contributed by atoms with Crippen molar-refractivity contribution in [2.75, 3.05) is 40.3 Å². The van der Waals surface area contributed by atoms with Gasteiger partial charge < -0.3 is 10.6 Å². The highest BCUT2D eigenvalue weighted by Crippen LogP contribution is 2.19. The van der Waals surface area contributed by atoms with Crippen LogP contribution in [0.3, 0.4) is 0 Å². The Morgan fingerprint density at radius 2 is 2.00 bits per heavy atom. The van der Waals surface area contributed by atoms with Gasteiger partial charge in [-0.15, -0.1) is 24.0 Å². The van der Waals surface area contributed by atoms with E-state index in [4.69, 9.17) is 0 Å². The lowest BCUT2D eigenvalue weighted by Crippen LogP contribution is -2.48. The summed E-state index contributed by atoms with van der Waals surface area (Å²) in [5.74, 6) is 0.633. The molecule has 0 bridgehead atoms. The zero-order valence-corrected chi connectivity index (χ0v) is 19.0. The second kappa shape index (κ2) is 11.8. The Morgan fingerprint density at radius 1 is 1.32 bits per heavy atom. The first kappa shape index (κ1) is 25.0. The maximum atomic E-state index is 12.5. The summed E-state index contributed by atoms with van der Waals surface area (Å²) < 4.78 is 37.5. The maximum Gasteiger partial charge on any atom is 0.401 e. The number of hydrogen-bond acceptors (Lipinski definition) is 3. The second-order valence-corrected chi connectivity index (χ2v) is 7.18. The van der Waals surface area contributed by atoms with E-state index in [0.717, 1.165) is 6.54 Å². The number of hydrogen-bond donors (Lipinski definition) is 2. The Labute approximate surface area is 182 Å². The lowest BCUT2D eigenvalue weighted by Gasteiger charge is -2.26. The Kier molecular flexibility index (Phi) is 10.5. The van der Waals surface area contributed by atoms with Crippen molar-refractivity contribution in [1.29, 1.82) is 0 Å². The lowest BCUT2D eigenvalue weighted by molar-refractivity contribution is -0.143. The Balaban J connectivity index is 0.00000392. The fourth-order valence-electron chi connectivity index (χ4n) is 3.16. The highest BCUT2D eigenvalue weighted by molar-refractivity contribution is 14.0. The molecule has 160 valence electrons. The highest BCUT2D eigenvalue weighted by Gasteiger charge is 2.34. The van der Waals surface area contributed by atoms with Crippen molar-refractivity contribution in [3.8, 4) is 0 Å². The minimum absolute atomic E-state index is 0. The zero-order valence-electron chi connectivity index (χ0n) is 16.7. The molecule has 1 aromatic carbocycles. The standard InChI is InChI=1S/C19H30F3N5.HI/c1-15(26(3)12-16-7-5-4-6-8-16)11-24-18(23-2)25-17-9-10-27(13-17)14-19(20,21)22;/h4-8,15,17H,9-14H2,1-3H3,(H2,23,24,25);1H. The summed E-state index contributed by atoms with van der Waals surface area (Å²) in [4.78, 5) is 7.88. The molecule has 9 heteroatoms. The van der Waals surface area contributed by atoms with Crippen molar-refractivity contribution in [2.45, 2.75) is 38.1 Å². The van der Waals surface area contributed by atoms with Crippen molar-refractivity contribution >= 4 is 29.9 Å². The van der Waals surface area contributed by atoms with Gasteiger partial charge in [0.1, 0.15) is 0 Å². The molecule has 2 N–H and O–H groups in total. The van der Waals surface area contributed by atoms with Crippen LogP contribution in [-0.4, -0.2) is 74.3 Å². The van der Waals surface area contributed by atoms with Crippen molar-refractivity contribution in [2.24, 2.45) is 4.99 Å². The number of alkyl halides is 3. The average molecular weight is 513 g/mol. The normalized spacial score (nSPS) is 19.4. The Morgan fingerprint density at radius 3 is 2.61 bits per heavy atom. The Bertz CT molecular complexity index is 597. The topological polar surface area (TPSA) is 42.9 Å². The van der Waals surface area contributed by atoms with Crippen molar-refractivity contribution < 1.29 is 13.2 Å². The number of benzene rings is 1. The summed E-state index contributed by atoms with van der Waals surface area (Å²) >= 11 is 0. The number of aliphatic imine (C=N–C) groups is 1. The van der Waals surface area contributed by atoms with E-state index in [1.807, 2.05) is 18.2 Å². The molecule has 0 radical (unpaired) electrons. The van der Waals surface area contributed by atoms with E-state index in [1.165, 1.54) is 10.5 Å². The molecule has 1 aliphatic heterocycles. The summed E-state index contributed by atoms with van der Waals surface area (Å²) in [5.41, 5.74) is 1.25. The van der Waals surface area contributed by atoms with Gasteiger partial charge in [0.05, 0.1) is 6.54 Å². The first-order chi connectivity index (χ1) is 12.8. The van der Waals surface area contributed by atoms with Crippen molar-refractivity contribution in [3.05, 3.63) is 35.9 Å². The molecule has 28 heavy (non-hydrogen) atoms. The van der Waals surface area contributed by atoms with Gasteiger partial charge in [0, 0.05) is 45.3 Å². The molecule has 2 unspecified atom stereocenters. The van der Waals surface area contributed by atoms with Crippen LogP contribution in [0.4, 0.5) is 13.2 Å². The van der Waals surface area contributed by atoms with Crippen LogP contribution in [0.25, 0.3) is 0 Å². The van der Waals surface area contributed by atoms with Gasteiger partial charge in [0.15, 0.2) is 5.96 Å². The molecule has 0 aromatic heterocycles. The van der Waals surface area contributed by atoms with E-state index in [9.17, 15) is 13.2 Å². The first-order valence-electron chi connectivity index (χ1n) is 9.27. The zero-order chi connectivity index (χ0) is 19.9. The molecule has 2 rings (SSSR count). The second-order valence-electron chi connectivity index (χ2n) is 7.18. The summed E-state index contributed by atoms with van der Waals surface area (Å²) in [7, 11) is 3.75. The molecule has 5 nitrogen and oxygen atoms in total. The molecule has 0 spiro atoms. The number of rotatable bonds is 7. The first-order valence-corrected chi connectivity index (χ1v) is 9.27. The number of likely N-dealkylation sites (N-methyl/N-ethyl adjacent to an activating group) is 1. The SMILES string of the molecule is CN=C(NCC(C)N(C)Cc1ccccc1)NC1CCN(CC(F)(F)F)C1.I. The third-order valence-corrected chi connectivity index (χ3v) is 4.83. The van der Waals surface area contributed by atoms with Crippen molar-refractivity contribution in [3.63, 3.8) is 0 Å². The Hall–Kier alpha value is -1.07. The maximum absolute atomic E-state index is 12.5. The van der Waals surface area contributed by atoms with Gasteiger partial charge in [0.2, 0.25) is 0 Å². The predicted molar refractivity (Wildman–Crippen MR) is 118 cm³/mol. The lowest BCUT2D eigenvalue weighted by atomic mass is 10.2. The molecule has 0 amide bonds. The van der Waals surface area contributed by atoms with E-state index < -0.39 is 12.7 Å². The van der Waals surface area contributed by atoms with Gasteiger partial charge in [-0.05, 0) is 26.0 Å². The fraction of sp³-hybridized carbons (Fsp3) is 0.632. The minimum atomic E-state index is -4.15. The van der Waals surface area contributed by atoms with Gasteiger partial charge in [-0.2, -0.15) is 13.2 Å². The van der Waals surface area contributed by atoms with Crippen molar-refractivity contribution in [1.82, 2.24) is 20.4 Å². The van der Waals surface area contributed by atoms with Crippen LogP contribution >= 0.6 is 24.0 Å². The molecule has 1 aliphatic rings. The van der Waals surface area contributed by atoms with Crippen LogP contribution in [0, 0.1) is 0 Å². The third-order valence-electron chi connectivity index (χ3n) is 4.83. The van der Waals surface area contributed by atoms with Crippen LogP contribution in [0.5, 0.6) is 0 Å². The summed E-state index contributed by atoms with van der Waals surface area (Å²) in [5, 5.41) is 6.52. The number of nitrogens with zero attached hydrogens (tertiary/aromatic N) is 3. The molecule has 0 saturated carbocycles. The predicted octanol–water partition coefficient (Wildman–Crippen LogP) is 2.93. The molecule has 1 fully saturated rings. The monoisotopic (exact) mass is 513 g/mol. The number of likely N-dealkylation sites (tertiary alicyclic amines) is 1. The number of halogens is 4. The molecule has 1 heterocycles. The largest absolute Gasteiger partial charge is 0.401 e. The van der Waals surface area contributed by atoms with Crippen LogP contribution in [-0.2, 0) is 6.54 Å². The van der Waals surface area contributed by atoms with Crippen LogP contribution in [0.2, 0.25) is 0 Å². The number of nitrogens with one attached hydrogen (secondary N) is 2. The smallest absolute Gasteiger partial charge is 0.355 e. The van der Waals surface area contributed by atoms with Gasteiger partial charge in [0.25, 0.3) is 0 Å². The molecule has 2 atom stereocenters. The third kappa shape index (κ3) is 8.95. The summed E-state index contributed by atoms with van der Waals surface area (Å²) in [6.45, 7) is 3.66. The summed E-state index contributed by atoms with van der Waals surface area (Å²) in [6, 6.07) is 10.5. The molecular formula is C19H31F3IN5. The van der Waals surface area contributed by atoms with E-state index in [1.54, 1.807) is 7.05 Å². The molecular weight excluding hydrogens is 482 g/mol. The van der Waals surface area contributed by atoms with E-state index in [2.05, 4.69) is 46.6 Å². The highest BCUT2D eigenvalue weighted by atomic mass is 127. The average Bonchev–Trinajstić information content (AvgIpc) is 3.04. The van der Waals surface area contributed by atoms with Gasteiger partial charge in [-0.1, -0.05) is 30.3 Å². The van der Waals surface area contributed by atoms with E-state index in [0.29, 0.717) is 32.0 Å². The van der Waals surface area contributed by atoms with E-state index in [-0.39, 0.29) is 36.1 Å². The minimum Gasteiger partial charge on any atom is -0.355 e. The summed E-state index contributed by atoms with van der Waals surface area (Å²) in [6.07, 6.45) is -3.46. The van der Waals surface area contributed by atoms with E-state index >= 15 is 0 Å². The van der Waals surface area contributed by atoms with Crippen LogP contribution in [0.15, 0.2) is 35.3 Å². The van der Waals surface area contributed by atoms with Gasteiger partial charge in [-0.25, -0.2) is 0 Å². The molecule has 1 saturated heterocycles. The van der Waals surface area contributed by atoms with Gasteiger partial charge >= 0.3 is 6.18 Å². The van der Waals surface area contributed by atoms with Crippen LogP contribution < -0.4 is 10.6 Å².